The molecule has 1 unspecified atom stereocenters. The Morgan fingerprint density at radius 3 is 2.29 bits per heavy atom. The third kappa shape index (κ3) is 3.99. The number of aryl methyl sites for hydroxylation is 2. The van der Waals surface area contributed by atoms with Gasteiger partial charge in [-0.25, -0.2) is 9.97 Å². The maximum atomic E-state index is 8.80. The van der Waals surface area contributed by atoms with Crippen LogP contribution in [0.2, 0.25) is 0 Å². The molecule has 2 N–H and O–H groups in total. The third-order valence-electron chi connectivity index (χ3n) is 2.72. The summed E-state index contributed by atoms with van der Waals surface area (Å²) in [5.74, 6) is 0.752. The highest BCUT2D eigenvalue weighted by molar-refractivity contribution is 7.99. The first-order valence-corrected chi connectivity index (χ1v) is 6.49. The number of rotatable bonds is 4. The lowest BCUT2D eigenvalue weighted by atomic mass is 10.0. The topological polar surface area (TPSA) is 75.6 Å². The van der Waals surface area contributed by atoms with Crippen molar-refractivity contribution >= 4 is 11.8 Å². The van der Waals surface area contributed by atoms with E-state index in [4.69, 9.17) is 11.0 Å². The van der Waals surface area contributed by atoms with E-state index in [1.165, 1.54) is 0 Å². The number of nitriles is 1. The van der Waals surface area contributed by atoms with Gasteiger partial charge in [0.2, 0.25) is 0 Å². The second kappa shape index (κ2) is 5.48. The summed E-state index contributed by atoms with van der Waals surface area (Å²) in [7, 11) is 0. The van der Waals surface area contributed by atoms with Gasteiger partial charge in [0.25, 0.3) is 0 Å². The van der Waals surface area contributed by atoms with Crippen molar-refractivity contribution in [3.05, 3.63) is 17.0 Å². The molecule has 1 aromatic rings. The summed E-state index contributed by atoms with van der Waals surface area (Å²) in [5, 5.41) is 9.56. The van der Waals surface area contributed by atoms with E-state index in [0.717, 1.165) is 27.9 Å². The summed E-state index contributed by atoms with van der Waals surface area (Å²) in [6, 6.07) is 2.08. The van der Waals surface area contributed by atoms with Gasteiger partial charge in [-0.2, -0.15) is 5.26 Å². The summed E-state index contributed by atoms with van der Waals surface area (Å²) in [6.07, 6.45) is 0.628. The van der Waals surface area contributed by atoms with Gasteiger partial charge in [-0.05, 0) is 39.7 Å². The molecule has 0 fully saturated rings. The van der Waals surface area contributed by atoms with Crippen LogP contribution in [-0.4, -0.2) is 21.3 Å². The molecule has 1 heterocycles. The minimum atomic E-state index is -0.762. The molecule has 0 aromatic carbocycles. The van der Waals surface area contributed by atoms with Gasteiger partial charge in [-0.3, -0.25) is 0 Å². The van der Waals surface area contributed by atoms with Crippen molar-refractivity contribution in [2.75, 3.05) is 5.75 Å². The SMILES string of the molecule is Cc1nc(SCCC(C)(N)C#N)nc(C)c1C. The number of hydrogen-bond donors (Lipinski definition) is 1. The monoisotopic (exact) mass is 250 g/mol. The standard InChI is InChI=1S/C12H18N4S/c1-8-9(2)15-11(16-10(8)3)17-6-5-12(4,14)7-13/h5-6,14H2,1-4H3. The molecule has 0 bridgehead atoms. The molecule has 0 spiro atoms. The summed E-state index contributed by atoms with van der Waals surface area (Å²) in [6.45, 7) is 7.72. The van der Waals surface area contributed by atoms with Crippen LogP contribution in [0, 0.1) is 32.1 Å². The highest BCUT2D eigenvalue weighted by Gasteiger charge is 2.17. The lowest BCUT2D eigenvalue weighted by molar-refractivity contribution is 0.583. The van der Waals surface area contributed by atoms with Crippen molar-refractivity contribution in [1.29, 1.82) is 5.26 Å². The third-order valence-corrected chi connectivity index (χ3v) is 3.57. The van der Waals surface area contributed by atoms with Crippen molar-refractivity contribution in [3.63, 3.8) is 0 Å². The lowest BCUT2D eigenvalue weighted by Crippen LogP contribution is -2.34. The minimum absolute atomic E-state index is 0.628. The van der Waals surface area contributed by atoms with Crippen LogP contribution in [-0.2, 0) is 0 Å². The Morgan fingerprint density at radius 2 is 1.82 bits per heavy atom. The Morgan fingerprint density at radius 1 is 1.29 bits per heavy atom. The molecule has 1 atom stereocenters. The molecule has 0 saturated carbocycles. The number of hydrogen-bond acceptors (Lipinski definition) is 5. The van der Waals surface area contributed by atoms with E-state index in [9.17, 15) is 0 Å². The van der Waals surface area contributed by atoms with Gasteiger partial charge in [0.1, 0.15) is 5.54 Å². The number of nitrogens with zero attached hydrogens (tertiary/aromatic N) is 3. The summed E-state index contributed by atoms with van der Waals surface area (Å²) < 4.78 is 0. The van der Waals surface area contributed by atoms with Crippen LogP contribution in [0.4, 0.5) is 0 Å². The second-order valence-corrected chi connectivity index (χ2v) is 5.49. The first-order chi connectivity index (χ1) is 7.85. The van der Waals surface area contributed by atoms with E-state index in [-0.39, 0.29) is 0 Å². The Balaban J connectivity index is 2.63. The molecule has 1 rings (SSSR count). The van der Waals surface area contributed by atoms with E-state index in [0.29, 0.717) is 6.42 Å². The number of thioether (sulfide) groups is 1. The van der Waals surface area contributed by atoms with E-state index in [1.807, 2.05) is 20.8 Å². The zero-order valence-electron chi connectivity index (χ0n) is 10.7. The molecular weight excluding hydrogens is 232 g/mol. The van der Waals surface area contributed by atoms with E-state index in [2.05, 4.69) is 16.0 Å². The molecule has 5 heteroatoms. The smallest absolute Gasteiger partial charge is 0.187 e. The van der Waals surface area contributed by atoms with Crippen molar-refractivity contribution in [2.45, 2.75) is 44.8 Å². The first-order valence-electron chi connectivity index (χ1n) is 5.50. The van der Waals surface area contributed by atoms with Crippen LogP contribution < -0.4 is 5.73 Å². The lowest BCUT2D eigenvalue weighted by Gasteiger charge is -2.14. The second-order valence-electron chi connectivity index (χ2n) is 4.43. The molecule has 17 heavy (non-hydrogen) atoms. The molecule has 0 aliphatic heterocycles. The maximum absolute atomic E-state index is 8.80. The zero-order valence-corrected chi connectivity index (χ0v) is 11.6. The summed E-state index contributed by atoms with van der Waals surface area (Å²) in [5.41, 5.74) is 8.14. The van der Waals surface area contributed by atoms with E-state index >= 15 is 0 Å². The molecule has 1 aromatic heterocycles. The van der Waals surface area contributed by atoms with Crippen molar-refractivity contribution < 1.29 is 0 Å². The fourth-order valence-corrected chi connectivity index (χ4v) is 2.33. The number of aromatic nitrogens is 2. The highest BCUT2D eigenvalue weighted by atomic mass is 32.2. The van der Waals surface area contributed by atoms with Crippen LogP contribution in [0.15, 0.2) is 5.16 Å². The average molecular weight is 250 g/mol. The van der Waals surface area contributed by atoms with Crippen LogP contribution in [0.5, 0.6) is 0 Å². The van der Waals surface area contributed by atoms with Crippen LogP contribution in [0.25, 0.3) is 0 Å². The van der Waals surface area contributed by atoms with Crippen LogP contribution in [0.3, 0.4) is 0 Å². The molecule has 4 nitrogen and oxygen atoms in total. The minimum Gasteiger partial charge on any atom is -0.314 e. The van der Waals surface area contributed by atoms with E-state index < -0.39 is 5.54 Å². The fraction of sp³-hybridized carbons (Fsp3) is 0.583. The Hall–Kier alpha value is -1.12. The molecule has 0 aliphatic carbocycles. The largest absolute Gasteiger partial charge is 0.314 e. The molecular formula is C12H18N4S. The Kier molecular flexibility index (Phi) is 4.49. The Labute approximate surface area is 107 Å². The zero-order chi connectivity index (χ0) is 13.1. The van der Waals surface area contributed by atoms with E-state index in [1.54, 1.807) is 18.7 Å². The molecule has 0 aliphatic rings. The summed E-state index contributed by atoms with van der Waals surface area (Å²) in [4.78, 5) is 8.81. The van der Waals surface area contributed by atoms with Gasteiger partial charge in [0.05, 0.1) is 6.07 Å². The first kappa shape index (κ1) is 13.9. The summed E-state index contributed by atoms with van der Waals surface area (Å²) >= 11 is 1.55. The maximum Gasteiger partial charge on any atom is 0.187 e. The predicted octanol–water partition coefficient (Wildman–Crippen LogP) is 2.13. The van der Waals surface area contributed by atoms with Crippen LogP contribution >= 0.6 is 11.8 Å². The quantitative estimate of drug-likeness (QED) is 0.654. The molecule has 0 radical (unpaired) electrons. The fourth-order valence-electron chi connectivity index (χ4n) is 1.22. The van der Waals surface area contributed by atoms with Crippen molar-refractivity contribution in [2.24, 2.45) is 5.73 Å². The number of nitrogens with two attached hydrogens (primary N) is 1. The normalized spacial score (nSPS) is 14.1. The van der Waals surface area contributed by atoms with Gasteiger partial charge in [-0.15, -0.1) is 0 Å². The highest BCUT2D eigenvalue weighted by Crippen LogP contribution is 2.19. The van der Waals surface area contributed by atoms with Crippen molar-refractivity contribution in [3.8, 4) is 6.07 Å². The van der Waals surface area contributed by atoms with Crippen LogP contribution in [0.1, 0.15) is 30.3 Å². The Bertz CT molecular complexity index is 425. The molecule has 0 saturated heterocycles. The van der Waals surface area contributed by atoms with Gasteiger partial charge in [0, 0.05) is 17.1 Å². The molecule has 0 amide bonds. The predicted molar refractivity (Wildman–Crippen MR) is 69.8 cm³/mol. The van der Waals surface area contributed by atoms with Gasteiger partial charge in [-0.1, -0.05) is 11.8 Å². The molecule has 92 valence electrons. The van der Waals surface area contributed by atoms with Gasteiger partial charge in [0.15, 0.2) is 5.16 Å². The van der Waals surface area contributed by atoms with Gasteiger partial charge < -0.3 is 5.73 Å². The van der Waals surface area contributed by atoms with Gasteiger partial charge >= 0.3 is 0 Å². The average Bonchev–Trinajstić information content (AvgIpc) is 2.25. The van der Waals surface area contributed by atoms with Crippen molar-refractivity contribution in [1.82, 2.24) is 9.97 Å².